The molecule has 10 heteroatoms. The van der Waals surface area contributed by atoms with E-state index in [0.29, 0.717) is 35.5 Å². The summed E-state index contributed by atoms with van der Waals surface area (Å²) < 4.78 is 43.9. The van der Waals surface area contributed by atoms with Gasteiger partial charge >= 0.3 is 6.18 Å². The number of rotatable bonds is 3. The Morgan fingerprint density at radius 1 is 1.12 bits per heavy atom. The molecule has 1 saturated heterocycles. The van der Waals surface area contributed by atoms with Crippen molar-refractivity contribution in [2.75, 3.05) is 31.2 Å². The van der Waals surface area contributed by atoms with Crippen LogP contribution in [0.2, 0.25) is 0 Å². The number of carbonyl (C=O) groups is 1. The molecule has 7 nitrogen and oxygen atoms in total. The molecule has 164 valence electrons. The van der Waals surface area contributed by atoms with Crippen molar-refractivity contribution in [1.29, 1.82) is 0 Å². The van der Waals surface area contributed by atoms with Gasteiger partial charge in [0, 0.05) is 35.9 Å². The third-order valence-corrected chi connectivity index (χ3v) is 5.53. The van der Waals surface area contributed by atoms with Crippen LogP contribution >= 0.6 is 0 Å². The van der Waals surface area contributed by atoms with Crippen LogP contribution < -0.4 is 10.6 Å². The Balaban J connectivity index is 1.64. The van der Waals surface area contributed by atoms with Crippen molar-refractivity contribution in [2.45, 2.75) is 6.18 Å². The average molecular weight is 441 g/mol. The minimum atomic E-state index is -4.54. The van der Waals surface area contributed by atoms with Crippen LogP contribution in [0.3, 0.4) is 0 Å². The van der Waals surface area contributed by atoms with Gasteiger partial charge in [0.2, 0.25) is 0 Å². The molecule has 0 aliphatic carbocycles. The number of halogens is 3. The van der Waals surface area contributed by atoms with E-state index in [1.54, 1.807) is 0 Å². The van der Waals surface area contributed by atoms with E-state index in [1.807, 2.05) is 18.2 Å². The van der Waals surface area contributed by atoms with E-state index in [4.69, 9.17) is 10.5 Å². The number of morpholine rings is 1. The highest BCUT2D eigenvalue weighted by atomic mass is 19.4. The van der Waals surface area contributed by atoms with Crippen molar-refractivity contribution in [1.82, 2.24) is 15.0 Å². The van der Waals surface area contributed by atoms with E-state index in [2.05, 4.69) is 19.9 Å². The van der Waals surface area contributed by atoms with Crippen molar-refractivity contribution in [3.8, 4) is 11.3 Å². The molecule has 3 N–H and O–H groups in total. The Bertz CT molecular complexity index is 1330. The molecule has 5 rings (SSSR count). The molecule has 0 spiro atoms. The summed E-state index contributed by atoms with van der Waals surface area (Å²) in [6.07, 6.45) is -3.45. The summed E-state index contributed by atoms with van der Waals surface area (Å²) >= 11 is 0. The van der Waals surface area contributed by atoms with E-state index in [9.17, 15) is 18.0 Å². The molecule has 1 aliphatic rings. The number of amides is 1. The molecule has 0 radical (unpaired) electrons. The van der Waals surface area contributed by atoms with Gasteiger partial charge in [-0.15, -0.1) is 0 Å². The standard InChI is InChI=1S/C22H18F3N5O2/c23-22(24,25)18-4-1-12(11-27-18)16-10-15(21(26)31)20-19(28-16)14-3-2-13(9-17(14)29-20)30-5-7-32-8-6-30/h1-4,9-11,29H,5-8H2,(H2,26,31). The number of primary amides is 1. The lowest BCUT2D eigenvalue weighted by molar-refractivity contribution is -0.141. The third kappa shape index (κ3) is 3.52. The molecule has 4 heterocycles. The lowest BCUT2D eigenvalue weighted by Crippen LogP contribution is -2.36. The Morgan fingerprint density at radius 2 is 1.91 bits per heavy atom. The van der Waals surface area contributed by atoms with Gasteiger partial charge < -0.3 is 20.4 Å². The summed E-state index contributed by atoms with van der Waals surface area (Å²) in [5.74, 6) is -0.668. The van der Waals surface area contributed by atoms with E-state index < -0.39 is 17.8 Å². The fourth-order valence-electron chi connectivity index (χ4n) is 3.92. The number of anilines is 1. The fourth-order valence-corrected chi connectivity index (χ4v) is 3.92. The average Bonchev–Trinajstić information content (AvgIpc) is 3.16. The quantitative estimate of drug-likeness (QED) is 0.505. The second kappa shape index (κ2) is 7.49. The van der Waals surface area contributed by atoms with Crippen LogP contribution in [0.4, 0.5) is 18.9 Å². The summed E-state index contributed by atoms with van der Waals surface area (Å²) in [5.41, 5.74) is 8.25. The van der Waals surface area contributed by atoms with Gasteiger partial charge in [-0.1, -0.05) is 0 Å². The number of benzene rings is 1. The topological polar surface area (TPSA) is 97.1 Å². The minimum absolute atomic E-state index is 0.203. The molecule has 0 bridgehead atoms. The maximum atomic E-state index is 12.8. The number of hydrogen-bond donors (Lipinski definition) is 2. The van der Waals surface area contributed by atoms with Crippen LogP contribution in [0.1, 0.15) is 16.1 Å². The number of pyridine rings is 2. The van der Waals surface area contributed by atoms with Crippen LogP contribution in [0.15, 0.2) is 42.6 Å². The van der Waals surface area contributed by atoms with Gasteiger partial charge in [-0.2, -0.15) is 13.2 Å². The lowest BCUT2D eigenvalue weighted by atomic mass is 10.1. The maximum absolute atomic E-state index is 12.8. The maximum Gasteiger partial charge on any atom is 0.433 e. The van der Waals surface area contributed by atoms with Crippen LogP contribution in [-0.4, -0.2) is 47.2 Å². The summed E-state index contributed by atoms with van der Waals surface area (Å²) in [7, 11) is 0. The number of H-pyrrole nitrogens is 1. The zero-order valence-electron chi connectivity index (χ0n) is 16.7. The number of aromatic nitrogens is 3. The summed E-state index contributed by atoms with van der Waals surface area (Å²) in [4.78, 5) is 25.7. The zero-order valence-corrected chi connectivity index (χ0v) is 16.7. The first-order valence-electron chi connectivity index (χ1n) is 9.94. The highest BCUT2D eigenvalue weighted by Gasteiger charge is 2.32. The predicted molar refractivity (Wildman–Crippen MR) is 113 cm³/mol. The second-order valence-electron chi connectivity index (χ2n) is 7.53. The smallest absolute Gasteiger partial charge is 0.378 e. The van der Waals surface area contributed by atoms with Crippen molar-refractivity contribution < 1.29 is 22.7 Å². The van der Waals surface area contributed by atoms with Crippen LogP contribution in [-0.2, 0) is 10.9 Å². The first-order valence-corrected chi connectivity index (χ1v) is 9.94. The van der Waals surface area contributed by atoms with E-state index in [0.717, 1.165) is 41.9 Å². The molecular formula is C22H18F3N5O2. The first kappa shape index (κ1) is 20.3. The van der Waals surface area contributed by atoms with Gasteiger partial charge in [0.05, 0.1) is 41.0 Å². The van der Waals surface area contributed by atoms with Gasteiger partial charge in [0.1, 0.15) is 5.69 Å². The van der Waals surface area contributed by atoms with E-state index in [-0.39, 0.29) is 5.56 Å². The van der Waals surface area contributed by atoms with Gasteiger partial charge in [-0.05, 0) is 36.4 Å². The van der Waals surface area contributed by atoms with E-state index >= 15 is 0 Å². The van der Waals surface area contributed by atoms with Crippen molar-refractivity contribution in [2.24, 2.45) is 5.73 Å². The monoisotopic (exact) mass is 441 g/mol. The Kier molecular flexibility index (Phi) is 4.74. The van der Waals surface area contributed by atoms with Gasteiger partial charge in [0.15, 0.2) is 0 Å². The molecule has 1 aromatic carbocycles. The SMILES string of the molecule is NC(=O)c1cc(-c2ccc(C(F)(F)F)nc2)nc2c1[nH]c1cc(N3CCOCC3)ccc12. The lowest BCUT2D eigenvalue weighted by Gasteiger charge is -2.28. The summed E-state index contributed by atoms with van der Waals surface area (Å²) in [6, 6.07) is 9.49. The van der Waals surface area contributed by atoms with Crippen molar-refractivity contribution in [3.05, 3.63) is 53.9 Å². The number of aromatic amines is 1. The minimum Gasteiger partial charge on any atom is -0.378 e. The number of nitrogens with one attached hydrogen (secondary N) is 1. The molecule has 3 aromatic heterocycles. The van der Waals surface area contributed by atoms with Crippen LogP contribution in [0, 0.1) is 0 Å². The molecule has 1 fully saturated rings. The van der Waals surface area contributed by atoms with Crippen LogP contribution in [0.5, 0.6) is 0 Å². The Morgan fingerprint density at radius 3 is 2.56 bits per heavy atom. The summed E-state index contributed by atoms with van der Waals surface area (Å²) in [5, 5.41) is 0.779. The molecule has 4 aromatic rings. The highest BCUT2D eigenvalue weighted by molar-refractivity contribution is 6.14. The highest BCUT2D eigenvalue weighted by Crippen LogP contribution is 2.33. The number of hydrogen-bond acceptors (Lipinski definition) is 5. The molecule has 32 heavy (non-hydrogen) atoms. The fraction of sp³-hybridized carbons (Fsp3) is 0.227. The number of fused-ring (bicyclic) bond motifs is 3. The third-order valence-electron chi connectivity index (χ3n) is 5.53. The van der Waals surface area contributed by atoms with Crippen LogP contribution in [0.25, 0.3) is 33.2 Å². The van der Waals surface area contributed by atoms with E-state index in [1.165, 1.54) is 12.1 Å². The first-order chi connectivity index (χ1) is 15.3. The predicted octanol–water partition coefficient (Wildman–Crippen LogP) is 3.73. The molecule has 1 amide bonds. The summed E-state index contributed by atoms with van der Waals surface area (Å²) in [6.45, 7) is 2.87. The molecule has 0 saturated carbocycles. The second-order valence-corrected chi connectivity index (χ2v) is 7.53. The Labute approximate surface area is 180 Å². The van der Waals surface area contributed by atoms with Gasteiger partial charge in [-0.3, -0.25) is 9.78 Å². The van der Waals surface area contributed by atoms with Crippen molar-refractivity contribution >= 4 is 33.5 Å². The van der Waals surface area contributed by atoms with Gasteiger partial charge in [0.25, 0.3) is 5.91 Å². The number of nitrogens with zero attached hydrogens (tertiary/aromatic N) is 3. The van der Waals surface area contributed by atoms with Gasteiger partial charge in [-0.25, -0.2) is 4.98 Å². The number of nitrogens with two attached hydrogens (primary N) is 1. The molecule has 1 aliphatic heterocycles. The molecular weight excluding hydrogens is 423 g/mol. The zero-order chi connectivity index (χ0) is 22.5. The Hall–Kier alpha value is -3.66. The molecule has 0 atom stereocenters. The largest absolute Gasteiger partial charge is 0.433 e. The normalized spacial score (nSPS) is 14.9. The number of carbonyl (C=O) groups excluding carboxylic acids is 1. The van der Waals surface area contributed by atoms with Crippen molar-refractivity contribution in [3.63, 3.8) is 0 Å². The molecule has 0 unspecified atom stereocenters. The number of alkyl halides is 3. The number of ether oxygens (including phenoxy) is 1.